The molecule has 2 aromatic rings. The predicted octanol–water partition coefficient (Wildman–Crippen LogP) is 3.28. The van der Waals surface area contributed by atoms with E-state index in [0.29, 0.717) is 24.1 Å². The molecule has 3 rings (SSSR count). The molecule has 0 saturated carbocycles. The number of anilines is 1. The first-order valence-corrected chi connectivity index (χ1v) is 10.5. The number of halogens is 1. The van der Waals surface area contributed by atoms with Gasteiger partial charge in [-0.15, -0.1) is 12.4 Å². The summed E-state index contributed by atoms with van der Waals surface area (Å²) in [6.07, 6.45) is 6.78. The van der Waals surface area contributed by atoms with E-state index < -0.39 is 5.54 Å². The Hall–Kier alpha value is -2.38. The highest BCUT2D eigenvalue weighted by atomic mass is 35.5. The van der Waals surface area contributed by atoms with Crippen LogP contribution < -0.4 is 10.6 Å². The zero-order valence-corrected chi connectivity index (χ0v) is 18.6. The van der Waals surface area contributed by atoms with Gasteiger partial charge in [0.2, 0.25) is 0 Å². The third kappa shape index (κ3) is 5.21. The van der Waals surface area contributed by atoms with Gasteiger partial charge in [-0.25, -0.2) is 0 Å². The highest BCUT2D eigenvalue weighted by molar-refractivity contribution is 5.98. The van der Waals surface area contributed by atoms with Gasteiger partial charge in [0.1, 0.15) is 5.54 Å². The first-order chi connectivity index (χ1) is 14.1. The number of amides is 2. The molecule has 1 aliphatic rings. The molecule has 1 aromatic heterocycles. The van der Waals surface area contributed by atoms with E-state index in [1.54, 1.807) is 35.1 Å². The summed E-state index contributed by atoms with van der Waals surface area (Å²) in [5.74, 6) is -0.0293. The summed E-state index contributed by atoms with van der Waals surface area (Å²) in [5.41, 5.74) is 0.644. The zero-order valence-electron chi connectivity index (χ0n) is 17.8. The maximum absolute atomic E-state index is 13.2. The van der Waals surface area contributed by atoms with Crippen LogP contribution in [0.2, 0.25) is 0 Å². The molecule has 0 bridgehead atoms. The number of carbonyl (C=O) groups is 2. The third-order valence-electron chi connectivity index (χ3n) is 5.46. The fourth-order valence-corrected chi connectivity index (χ4v) is 3.90. The highest BCUT2D eigenvalue weighted by Crippen LogP contribution is 2.28. The molecule has 0 radical (unpaired) electrons. The zero-order chi connectivity index (χ0) is 20.7. The van der Waals surface area contributed by atoms with Crippen LogP contribution in [0.3, 0.4) is 0 Å². The van der Waals surface area contributed by atoms with Crippen LogP contribution in [0.1, 0.15) is 49.9 Å². The molecule has 164 valence electrons. The molecule has 1 aromatic carbocycles. The van der Waals surface area contributed by atoms with Gasteiger partial charge in [0.15, 0.2) is 0 Å². The predicted molar refractivity (Wildman–Crippen MR) is 121 cm³/mol. The lowest BCUT2D eigenvalue weighted by Crippen LogP contribution is -2.52. The Morgan fingerprint density at radius 3 is 2.30 bits per heavy atom. The molecular formula is C22H32ClN5O2. The highest BCUT2D eigenvalue weighted by Gasteiger charge is 2.42. The van der Waals surface area contributed by atoms with Crippen LogP contribution in [0.15, 0.2) is 42.7 Å². The summed E-state index contributed by atoms with van der Waals surface area (Å²) in [4.78, 5) is 27.8. The number of hydrogen-bond donors (Lipinski definition) is 2. The van der Waals surface area contributed by atoms with E-state index in [-0.39, 0.29) is 24.2 Å². The second-order valence-electron chi connectivity index (χ2n) is 7.56. The molecule has 1 saturated heterocycles. The van der Waals surface area contributed by atoms with Crippen molar-refractivity contribution >= 4 is 29.9 Å². The maximum Gasteiger partial charge on any atom is 0.253 e. The van der Waals surface area contributed by atoms with Gasteiger partial charge in [0.25, 0.3) is 11.8 Å². The van der Waals surface area contributed by atoms with Crippen molar-refractivity contribution in [1.29, 1.82) is 0 Å². The topological polar surface area (TPSA) is 79.3 Å². The Kier molecular flexibility index (Phi) is 8.87. The van der Waals surface area contributed by atoms with Crippen molar-refractivity contribution in [2.75, 3.05) is 31.5 Å². The largest absolute Gasteiger partial charge is 0.339 e. The molecule has 0 unspecified atom stereocenters. The Morgan fingerprint density at radius 2 is 1.77 bits per heavy atom. The van der Waals surface area contributed by atoms with E-state index in [1.165, 1.54) is 0 Å². The minimum atomic E-state index is -0.692. The molecule has 1 fully saturated rings. The van der Waals surface area contributed by atoms with Crippen LogP contribution >= 0.6 is 12.4 Å². The fraction of sp³-hybridized carbons (Fsp3) is 0.500. The number of benzene rings is 1. The standard InChI is InChI=1S/C22H31N5O2.ClH/c1-3-15-26(16-4-2)20(28)18-6-8-19(9-7-18)25-21(29)22(10-13-23-14-11-22)27-17-5-12-24-27;/h5-9,12,17,23H,3-4,10-11,13-16H2,1-2H3,(H,25,29);1H. The van der Waals surface area contributed by atoms with Crippen molar-refractivity contribution < 1.29 is 9.59 Å². The molecule has 2 amide bonds. The summed E-state index contributed by atoms with van der Waals surface area (Å²) < 4.78 is 1.77. The Morgan fingerprint density at radius 1 is 1.13 bits per heavy atom. The monoisotopic (exact) mass is 433 g/mol. The lowest BCUT2D eigenvalue weighted by atomic mass is 9.87. The second kappa shape index (κ2) is 11.1. The van der Waals surface area contributed by atoms with E-state index in [9.17, 15) is 9.59 Å². The molecular weight excluding hydrogens is 402 g/mol. The molecule has 0 spiro atoms. The molecule has 2 heterocycles. The number of rotatable bonds is 8. The Bertz CT molecular complexity index is 795. The maximum atomic E-state index is 13.2. The molecule has 0 atom stereocenters. The van der Waals surface area contributed by atoms with E-state index in [2.05, 4.69) is 29.6 Å². The van der Waals surface area contributed by atoms with Crippen molar-refractivity contribution in [1.82, 2.24) is 20.0 Å². The summed E-state index contributed by atoms with van der Waals surface area (Å²) in [6.45, 7) is 7.20. The summed E-state index contributed by atoms with van der Waals surface area (Å²) in [7, 11) is 0. The second-order valence-corrected chi connectivity index (χ2v) is 7.56. The van der Waals surface area contributed by atoms with E-state index in [4.69, 9.17) is 0 Å². The summed E-state index contributed by atoms with van der Waals surface area (Å²) in [5, 5.41) is 10.7. The van der Waals surface area contributed by atoms with E-state index >= 15 is 0 Å². The van der Waals surface area contributed by atoms with Gasteiger partial charge in [0.05, 0.1) is 0 Å². The van der Waals surface area contributed by atoms with Gasteiger partial charge >= 0.3 is 0 Å². The van der Waals surface area contributed by atoms with Crippen LogP contribution in [-0.4, -0.2) is 52.7 Å². The van der Waals surface area contributed by atoms with E-state index in [1.807, 2.05) is 17.2 Å². The number of nitrogens with one attached hydrogen (secondary N) is 2. The first-order valence-electron chi connectivity index (χ1n) is 10.5. The SMILES string of the molecule is CCCN(CCC)C(=O)c1ccc(NC(=O)C2(n3cccn3)CCNCC2)cc1.Cl. The van der Waals surface area contributed by atoms with Crippen LogP contribution in [0.25, 0.3) is 0 Å². The van der Waals surface area contributed by atoms with Crippen molar-refractivity contribution in [2.24, 2.45) is 0 Å². The lowest BCUT2D eigenvalue weighted by Gasteiger charge is -2.36. The quantitative estimate of drug-likeness (QED) is 0.669. The first kappa shape index (κ1) is 23.9. The number of hydrogen-bond acceptors (Lipinski definition) is 4. The van der Waals surface area contributed by atoms with Crippen molar-refractivity contribution in [3.8, 4) is 0 Å². The molecule has 7 nitrogen and oxygen atoms in total. The van der Waals surface area contributed by atoms with Crippen LogP contribution in [0.5, 0.6) is 0 Å². The fourth-order valence-electron chi connectivity index (χ4n) is 3.90. The number of piperidine rings is 1. The number of carbonyl (C=O) groups excluding carboxylic acids is 2. The smallest absolute Gasteiger partial charge is 0.253 e. The van der Waals surface area contributed by atoms with Gasteiger partial charge in [-0.2, -0.15) is 5.10 Å². The molecule has 2 N–H and O–H groups in total. The summed E-state index contributed by atoms with van der Waals surface area (Å²) >= 11 is 0. The average molecular weight is 434 g/mol. The Labute approximate surface area is 184 Å². The van der Waals surface area contributed by atoms with Gasteiger partial charge < -0.3 is 15.5 Å². The molecule has 1 aliphatic heterocycles. The van der Waals surface area contributed by atoms with Crippen LogP contribution in [0.4, 0.5) is 5.69 Å². The van der Waals surface area contributed by atoms with Crippen LogP contribution in [-0.2, 0) is 10.3 Å². The summed E-state index contributed by atoms with van der Waals surface area (Å²) in [6, 6.07) is 9.03. The third-order valence-corrected chi connectivity index (χ3v) is 5.46. The Balaban J connectivity index is 0.00000320. The van der Waals surface area contributed by atoms with Crippen molar-refractivity contribution in [3.63, 3.8) is 0 Å². The minimum absolute atomic E-state index is 0. The molecule has 30 heavy (non-hydrogen) atoms. The average Bonchev–Trinajstić information content (AvgIpc) is 3.29. The lowest BCUT2D eigenvalue weighted by molar-refractivity contribution is -0.126. The number of nitrogens with zero attached hydrogens (tertiary/aromatic N) is 3. The normalized spacial score (nSPS) is 15.1. The minimum Gasteiger partial charge on any atom is -0.339 e. The molecule has 0 aliphatic carbocycles. The van der Waals surface area contributed by atoms with Gasteiger partial charge in [0, 0.05) is 36.7 Å². The van der Waals surface area contributed by atoms with E-state index in [0.717, 1.165) is 39.0 Å². The van der Waals surface area contributed by atoms with Gasteiger partial charge in [-0.3, -0.25) is 14.3 Å². The van der Waals surface area contributed by atoms with Gasteiger partial charge in [-0.1, -0.05) is 13.8 Å². The van der Waals surface area contributed by atoms with Crippen molar-refractivity contribution in [2.45, 2.75) is 45.1 Å². The molecule has 8 heteroatoms. The number of aromatic nitrogens is 2. The van der Waals surface area contributed by atoms with Crippen LogP contribution in [0, 0.1) is 0 Å². The van der Waals surface area contributed by atoms with Crippen molar-refractivity contribution in [3.05, 3.63) is 48.3 Å². The van der Waals surface area contributed by atoms with Gasteiger partial charge in [-0.05, 0) is 69.1 Å².